The molecule has 2 aromatic rings. The van der Waals surface area contributed by atoms with E-state index in [0.29, 0.717) is 16.6 Å². The number of hydrogen-bond acceptors (Lipinski definition) is 4. The number of nitrogen functional groups attached to an aromatic ring is 1. The van der Waals surface area contributed by atoms with E-state index in [4.69, 9.17) is 21.9 Å². The first kappa shape index (κ1) is 11.9. The van der Waals surface area contributed by atoms with E-state index in [-0.39, 0.29) is 0 Å². The molecule has 5 heteroatoms. The maximum Gasteiger partial charge on any atom is 0.260 e. The minimum absolute atomic E-state index is 0.449. The SMILES string of the molecule is CCCCc1noc(-c2ccc(Cl)cc2N)n1. The molecule has 0 amide bonds. The summed E-state index contributed by atoms with van der Waals surface area (Å²) in [5, 5.41) is 4.51. The molecule has 0 aliphatic heterocycles. The van der Waals surface area contributed by atoms with Crippen molar-refractivity contribution >= 4 is 17.3 Å². The van der Waals surface area contributed by atoms with E-state index in [1.807, 2.05) is 0 Å². The fraction of sp³-hybridized carbons (Fsp3) is 0.333. The van der Waals surface area contributed by atoms with Crippen LogP contribution in [0, 0.1) is 0 Å². The Kier molecular flexibility index (Phi) is 3.64. The number of halogens is 1. The van der Waals surface area contributed by atoms with Gasteiger partial charge in [-0.3, -0.25) is 0 Å². The molecule has 0 fully saturated rings. The highest BCUT2D eigenvalue weighted by atomic mass is 35.5. The van der Waals surface area contributed by atoms with Crippen LogP contribution in [-0.2, 0) is 6.42 Å². The van der Waals surface area contributed by atoms with Gasteiger partial charge in [0, 0.05) is 17.1 Å². The number of unbranched alkanes of at least 4 members (excludes halogenated alkanes) is 1. The molecule has 2 rings (SSSR count). The Hall–Kier alpha value is -1.55. The zero-order valence-corrected chi connectivity index (χ0v) is 10.4. The topological polar surface area (TPSA) is 64.9 Å². The molecule has 0 saturated carbocycles. The minimum atomic E-state index is 0.449. The van der Waals surface area contributed by atoms with E-state index in [1.165, 1.54) is 0 Å². The summed E-state index contributed by atoms with van der Waals surface area (Å²) >= 11 is 5.83. The van der Waals surface area contributed by atoms with Crippen molar-refractivity contribution in [2.24, 2.45) is 0 Å². The second-order valence-electron chi connectivity index (χ2n) is 3.85. The molecule has 0 unspecified atom stereocenters. The first-order valence-electron chi connectivity index (χ1n) is 5.58. The van der Waals surface area contributed by atoms with Gasteiger partial charge in [-0.2, -0.15) is 4.98 Å². The second-order valence-corrected chi connectivity index (χ2v) is 4.29. The average molecular weight is 252 g/mol. The zero-order valence-electron chi connectivity index (χ0n) is 9.61. The molecule has 17 heavy (non-hydrogen) atoms. The number of benzene rings is 1. The Labute approximate surface area is 105 Å². The number of hydrogen-bond donors (Lipinski definition) is 1. The summed E-state index contributed by atoms with van der Waals surface area (Å²) in [4.78, 5) is 4.31. The molecule has 0 spiro atoms. The molecule has 0 aliphatic rings. The maximum absolute atomic E-state index is 5.85. The molecule has 0 radical (unpaired) electrons. The van der Waals surface area contributed by atoms with Gasteiger partial charge in [-0.05, 0) is 24.6 Å². The third-order valence-corrected chi connectivity index (χ3v) is 2.70. The highest BCUT2D eigenvalue weighted by Gasteiger charge is 2.11. The van der Waals surface area contributed by atoms with Gasteiger partial charge in [0.2, 0.25) is 0 Å². The third-order valence-electron chi connectivity index (χ3n) is 2.47. The van der Waals surface area contributed by atoms with Crippen LogP contribution in [0.15, 0.2) is 22.7 Å². The number of nitrogens with two attached hydrogens (primary N) is 1. The van der Waals surface area contributed by atoms with Gasteiger partial charge in [-0.25, -0.2) is 0 Å². The van der Waals surface area contributed by atoms with E-state index >= 15 is 0 Å². The number of aryl methyl sites for hydroxylation is 1. The number of nitrogens with zero attached hydrogens (tertiary/aromatic N) is 2. The van der Waals surface area contributed by atoms with E-state index in [9.17, 15) is 0 Å². The van der Waals surface area contributed by atoms with Crippen molar-refractivity contribution in [3.05, 3.63) is 29.0 Å². The Morgan fingerprint density at radius 2 is 2.24 bits per heavy atom. The predicted molar refractivity (Wildman–Crippen MR) is 67.8 cm³/mol. The molecule has 0 aliphatic carbocycles. The average Bonchev–Trinajstić information content (AvgIpc) is 2.75. The van der Waals surface area contributed by atoms with Crippen molar-refractivity contribution in [3.63, 3.8) is 0 Å². The van der Waals surface area contributed by atoms with E-state index in [2.05, 4.69) is 17.1 Å². The smallest absolute Gasteiger partial charge is 0.260 e. The van der Waals surface area contributed by atoms with Crippen LogP contribution in [-0.4, -0.2) is 10.1 Å². The predicted octanol–water partition coefficient (Wildman–Crippen LogP) is 3.31. The Balaban J connectivity index is 2.24. The Morgan fingerprint density at radius 3 is 2.94 bits per heavy atom. The van der Waals surface area contributed by atoms with Crippen LogP contribution in [0.1, 0.15) is 25.6 Å². The van der Waals surface area contributed by atoms with E-state index in [0.717, 1.165) is 30.7 Å². The highest BCUT2D eigenvalue weighted by Crippen LogP contribution is 2.27. The lowest BCUT2D eigenvalue weighted by Gasteiger charge is -1.99. The van der Waals surface area contributed by atoms with Gasteiger partial charge in [0.1, 0.15) is 0 Å². The zero-order chi connectivity index (χ0) is 12.3. The van der Waals surface area contributed by atoms with Crippen LogP contribution in [0.4, 0.5) is 5.69 Å². The Morgan fingerprint density at radius 1 is 1.41 bits per heavy atom. The number of aromatic nitrogens is 2. The molecule has 1 heterocycles. The molecule has 1 aromatic heterocycles. The highest BCUT2D eigenvalue weighted by molar-refractivity contribution is 6.31. The van der Waals surface area contributed by atoms with Crippen LogP contribution in [0.3, 0.4) is 0 Å². The Bertz CT molecular complexity index is 510. The normalized spacial score (nSPS) is 10.7. The molecular weight excluding hydrogens is 238 g/mol. The van der Waals surface area contributed by atoms with Crippen molar-refractivity contribution in [2.75, 3.05) is 5.73 Å². The molecule has 4 nitrogen and oxygen atoms in total. The monoisotopic (exact) mass is 251 g/mol. The minimum Gasteiger partial charge on any atom is -0.398 e. The largest absolute Gasteiger partial charge is 0.398 e. The first-order valence-corrected chi connectivity index (χ1v) is 5.96. The quantitative estimate of drug-likeness (QED) is 0.847. The molecule has 2 N–H and O–H groups in total. The summed E-state index contributed by atoms with van der Waals surface area (Å²) in [6.45, 7) is 2.12. The fourth-order valence-corrected chi connectivity index (χ4v) is 1.71. The molecule has 90 valence electrons. The van der Waals surface area contributed by atoms with Gasteiger partial charge in [0.15, 0.2) is 5.82 Å². The lowest BCUT2D eigenvalue weighted by Crippen LogP contribution is -1.91. The summed E-state index contributed by atoms with van der Waals surface area (Å²) in [6.07, 6.45) is 2.98. The maximum atomic E-state index is 5.85. The fourth-order valence-electron chi connectivity index (χ4n) is 1.53. The van der Waals surface area contributed by atoms with Gasteiger partial charge in [-0.1, -0.05) is 30.1 Å². The third kappa shape index (κ3) is 2.77. The van der Waals surface area contributed by atoms with E-state index in [1.54, 1.807) is 18.2 Å². The van der Waals surface area contributed by atoms with Gasteiger partial charge in [0.25, 0.3) is 5.89 Å². The van der Waals surface area contributed by atoms with Crippen molar-refractivity contribution in [2.45, 2.75) is 26.2 Å². The van der Waals surface area contributed by atoms with Crippen molar-refractivity contribution in [3.8, 4) is 11.5 Å². The summed E-state index contributed by atoms with van der Waals surface area (Å²) in [6, 6.07) is 5.21. The van der Waals surface area contributed by atoms with Crippen LogP contribution < -0.4 is 5.73 Å². The molecule has 0 atom stereocenters. The summed E-state index contributed by atoms with van der Waals surface area (Å²) in [5.74, 6) is 1.17. The second kappa shape index (κ2) is 5.19. The van der Waals surface area contributed by atoms with Gasteiger partial charge in [-0.15, -0.1) is 0 Å². The summed E-state index contributed by atoms with van der Waals surface area (Å²) in [5.41, 5.74) is 7.12. The lowest BCUT2D eigenvalue weighted by molar-refractivity contribution is 0.421. The summed E-state index contributed by atoms with van der Waals surface area (Å²) in [7, 11) is 0. The molecule has 0 saturated heterocycles. The van der Waals surface area contributed by atoms with Crippen molar-refractivity contribution < 1.29 is 4.52 Å². The molecule has 0 bridgehead atoms. The van der Waals surface area contributed by atoms with Gasteiger partial charge >= 0.3 is 0 Å². The van der Waals surface area contributed by atoms with Crippen molar-refractivity contribution in [1.82, 2.24) is 10.1 Å². The number of rotatable bonds is 4. The lowest BCUT2D eigenvalue weighted by atomic mass is 10.2. The van der Waals surface area contributed by atoms with Crippen molar-refractivity contribution in [1.29, 1.82) is 0 Å². The standard InChI is InChI=1S/C12H14ClN3O/c1-2-3-4-11-15-12(17-16-11)9-6-5-8(13)7-10(9)14/h5-7H,2-4,14H2,1H3. The van der Waals surface area contributed by atoms with Gasteiger partial charge < -0.3 is 10.3 Å². The van der Waals surface area contributed by atoms with Crippen LogP contribution in [0.5, 0.6) is 0 Å². The molecule has 1 aromatic carbocycles. The van der Waals surface area contributed by atoms with Crippen LogP contribution in [0.25, 0.3) is 11.5 Å². The van der Waals surface area contributed by atoms with Gasteiger partial charge in [0.05, 0.1) is 5.56 Å². The van der Waals surface area contributed by atoms with E-state index < -0.39 is 0 Å². The molecular formula is C12H14ClN3O. The van der Waals surface area contributed by atoms with Crippen LogP contribution in [0.2, 0.25) is 5.02 Å². The summed E-state index contributed by atoms with van der Waals surface area (Å²) < 4.78 is 5.18. The first-order chi connectivity index (χ1) is 8.20. The number of anilines is 1. The van der Waals surface area contributed by atoms with Crippen LogP contribution >= 0.6 is 11.6 Å².